The summed E-state index contributed by atoms with van der Waals surface area (Å²) in [6, 6.07) is 9.24. The maximum atomic E-state index is 11.9. The Morgan fingerprint density at radius 1 is 1.05 bits per heavy atom. The SMILES string of the molecule is CCC(O)(CC)CC(CC)(C(=O)O)c1ccccc1. The lowest BCUT2D eigenvalue weighted by Gasteiger charge is -2.37. The summed E-state index contributed by atoms with van der Waals surface area (Å²) in [6.45, 7) is 5.67. The number of hydrogen-bond acceptors (Lipinski definition) is 2. The van der Waals surface area contributed by atoms with E-state index < -0.39 is 17.0 Å². The fourth-order valence-electron chi connectivity index (χ4n) is 2.60. The molecule has 0 aliphatic heterocycles. The van der Waals surface area contributed by atoms with Gasteiger partial charge in [0.15, 0.2) is 0 Å². The summed E-state index contributed by atoms with van der Waals surface area (Å²) < 4.78 is 0. The zero-order chi connectivity index (χ0) is 14.5. The second-order valence-electron chi connectivity index (χ2n) is 5.22. The predicted octanol–water partition coefficient (Wildman–Crippen LogP) is 3.36. The van der Waals surface area contributed by atoms with E-state index in [9.17, 15) is 15.0 Å². The van der Waals surface area contributed by atoms with Crippen molar-refractivity contribution >= 4 is 5.97 Å². The van der Waals surface area contributed by atoms with Crippen LogP contribution < -0.4 is 0 Å². The van der Waals surface area contributed by atoms with E-state index >= 15 is 0 Å². The first kappa shape index (κ1) is 15.7. The highest BCUT2D eigenvalue weighted by molar-refractivity contribution is 5.81. The average Bonchev–Trinajstić information content (AvgIpc) is 2.45. The normalized spacial score (nSPS) is 14.9. The lowest BCUT2D eigenvalue weighted by molar-refractivity contribution is -0.147. The molecular weight excluding hydrogens is 240 g/mol. The minimum Gasteiger partial charge on any atom is -0.481 e. The van der Waals surface area contributed by atoms with Crippen LogP contribution in [-0.2, 0) is 10.2 Å². The van der Waals surface area contributed by atoms with E-state index in [1.165, 1.54) is 0 Å². The molecule has 106 valence electrons. The van der Waals surface area contributed by atoms with Crippen molar-refractivity contribution in [2.45, 2.75) is 57.5 Å². The molecule has 0 aliphatic rings. The molecule has 19 heavy (non-hydrogen) atoms. The molecular formula is C16H24O3. The minimum atomic E-state index is -1.01. The first-order chi connectivity index (χ1) is 8.94. The Morgan fingerprint density at radius 3 is 1.95 bits per heavy atom. The van der Waals surface area contributed by atoms with Gasteiger partial charge in [-0.1, -0.05) is 51.1 Å². The van der Waals surface area contributed by atoms with Gasteiger partial charge in [-0.05, 0) is 31.2 Å². The number of hydrogen-bond donors (Lipinski definition) is 2. The topological polar surface area (TPSA) is 57.5 Å². The van der Waals surface area contributed by atoms with Crippen LogP contribution in [0.3, 0.4) is 0 Å². The third kappa shape index (κ3) is 3.16. The van der Waals surface area contributed by atoms with Crippen molar-refractivity contribution in [3.63, 3.8) is 0 Å². The molecule has 0 fully saturated rings. The number of carboxylic acid groups (broad SMARTS) is 1. The third-order valence-corrected chi connectivity index (χ3v) is 4.29. The molecule has 1 aromatic carbocycles. The molecule has 1 aromatic rings. The number of aliphatic hydroxyl groups is 1. The summed E-state index contributed by atoms with van der Waals surface area (Å²) in [5.74, 6) is -0.860. The molecule has 1 unspecified atom stereocenters. The van der Waals surface area contributed by atoms with E-state index in [1.54, 1.807) is 0 Å². The van der Waals surface area contributed by atoms with Crippen molar-refractivity contribution in [1.29, 1.82) is 0 Å². The number of aliphatic carboxylic acids is 1. The molecule has 2 N–H and O–H groups in total. The van der Waals surface area contributed by atoms with Crippen LogP contribution in [-0.4, -0.2) is 21.8 Å². The van der Waals surface area contributed by atoms with Gasteiger partial charge in [0.25, 0.3) is 0 Å². The highest BCUT2D eigenvalue weighted by Crippen LogP contribution is 2.39. The lowest BCUT2D eigenvalue weighted by Crippen LogP contribution is -2.44. The van der Waals surface area contributed by atoms with Gasteiger partial charge in [-0.2, -0.15) is 0 Å². The van der Waals surface area contributed by atoms with Crippen LogP contribution in [0.5, 0.6) is 0 Å². The molecule has 0 saturated carbocycles. The fraction of sp³-hybridized carbons (Fsp3) is 0.562. The van der Waals surface area contributed by atoms with E-state index in [-0.39, 0.29) is 6.42 Å². The summed E-state index contributed by atoms with van der Waals surface area (Å²) in [5, 5.41) is 20.3. The largest absolute Gasteiger partial charge is 0.481 e. The quantitative estimate of drug-likeness (QED) is 0.794. The van der Waals surface area contributed by atoms with Crippen molar-refractivity contribution in [3.05, 3.63) is 35.9 Å². The summed E-state index contributed by atoms with van der Waals surface area (Å²) in [5.41, 5.74) is -1.17. The van der Waals surface area contributed by atoms with Crippen molar-refractivity contribution in [3.8, 4) is 0 Å². The second-order valence-corrected chi connectivity index (χ2v) is 5.22. The van der Waals surface area contributed by atoms with Crippen molar-refractivity contribution in [1.82, 2.24) is 0 Å². The second kappa shape index (κ2) is 6.20. The smallest absolute Gasteiger partial charge is 0.314 e. The van der Waals surface area contributed by atoms with Crippen molar-refractivity contribution < 1.29 is 15.0 Å². The molecule has 0 aliphatic carbocycles. The van der Waals surface area contributed by atoms with Gasteiger partial charge in [0.2, 0.25) is 0 Å². The fourth-order valence-corrected chi connectivity index (χ4v) is 2.60. The van der Waals surface area contributed by atoms with Crippen LogP contribution in [0, 0.1) is 0 Å². The van der Waals surface area contributed by atoms with Gasteiger partial charge in [0.1, 0.15) is 0 Å². The summed E-state index contributed by atoms with van der Waals surface area (Å²) >= 11 is 0. The van der Waals surface area contributed by atoms with Gasteiger partial charge in [-0.25, -0.2) is 0 Å². The number of carbonyl (C=O) groups is 1. The highest BCUT2D eigenvalue weighted by atomic mass is 16.4. The van der Waals surface area contributed by atoms with Gasteiger partial charge >= 0.3 is 5.97 Å². The van der Waals surface area contributed by atoms with Crippen LogP contribution in [0.25, 0.3) is 0 Å². The highest BCUT2D eigenvalue weighted by Gasteiger charge is 2.44. The van der Waals surface area contributed by atoms with Gasteiger partial charge < -0.3 is 10.2 Å². The van der Waals surface area contributed by atoms with E-state index in [1.807, 2.05) is 51.1 Å². The molecule has 0 radical (unpaired) electrons. The molecule has 1 atom stereocenters. The van der Waals surface area contributed by atoms with Gasteiger partial charge in [-0.3, -0.25) is 4.79 Å². The zero-order valence-electron chi connectivity index (χ0n) is 12.0. The lowest BCUT2D eigenvalue weighted by atomic mass is 9.69. The van der Waals surface area contributed by atoms with E-state index in [0.717, 1.165) is 5.56 Å². The van der Waals surface area contributed by atoms with Gasteiger partial charge in [-0.15, -0.1) is 0 Å². The third-order valence-electron chi connectivity index (χ3n) is 4.29. The Morgan fingerprint density at radius 2 is 1.58 bits per heavy atom. The molecule has 0 aromatic heterocycles. The number of rotatable bonds is 7. The zero-order valence-corrected chi connectivity index (χ0v) is 12.0. The monoisotopic (exact) mass is 264 g/mol. The minimum absolute atomic E-state index is 0.253. The standard InChI is InChI=1S/C16H24O3/c1-4-15(19,5-2)12-16(6-3,14(17)18)13-10-8-7-9-11-13/h7-11,19H,4-6,12H2,1-3H3,(H,17,18). The Labute approximate surface area is 115 Å². The van der Waals surface area contributed by atoms with E-state index in [0.29, 0.717) is 19.3 Å². The molecule has 3 nitrogen and oxygen atoms in total. The van der Waals surface area contributed by atoms with Crippen molar-refractivity contribution in [2.24, 2.45) is 0 Å². The summed E-state index contributed by atoms with van der Waals surface area (Å²) in [4.78, 5) is 11.9. The molecule has 0 spiro atoms. The molecule has 0 saturated heterocycles. The van der Waals surface area contributed by atoms with E-state index in [4.69, 9.17) is 0 Å². The molecule has 1 rings (SSSR count). The van der Waals surface area contributed by atoms with Crippen LogP contribution >= 0.6 is 0 Å². The molecule has 0 heterocycles. The Hall–Kier alpha value is -1.35. The van der Waals surface area contributed by atoms with Crippen LogP contribution in [0.15, 0.2) is 30.3 Å². The summed E-state index contributed by atoms with van der Waals surface area (Å²) in [6.07, 6.45) is 1.84. The maximum Gasteiger partial charge on any atom is 0.314 e. The van der Waals surface area contributed by atoms with Crippen molar-refractivity contribution in [2.75, 3.05) is 0 Å². The Bertz CT molecular complexity index is 409. The first-order valence-electron chi connectivity index (χ1n) is 6.95. The predicted molar refractivity (Wildman–Crippen MR) is 76.2 cm³/mol. The molecule has 0 amide bonds. The van der Waals surface area contributed by atoms with Crippen LogP contribution in [0.1, 0.15) is 52.0 Å². The maximum absolute atomic E-state index is 11.9. The Kier molecular flexibility index (Phi) is 5.12. The number of carboxylic acids is 1. The first-order valence-corrected chi connectivity index (χ1v) is 6.95. The number of benzene rings is 1. The molecule has 3 heteroatoms. The van der Waals surface area contributed by atoms with Gasteiger partial charge in [0.05, 0.1) is 11.0 Å². The summed E-state index contributed by atoms with van der Waals surface area (Å²) in [7, 11) is 0. The van der Waals surface area contributed by atoms with Crippen LogP contribution in [0.4, 0.5) is 0 Å². The van der Waals surface area contributed by atoms with Gasteiger partial charge in [0, 0.05) is 0 Å². The Balaban J connectivity index is 3.25. The van der Waals surface area contributed by atoms with E-state index in [2.05, 4.69) is 0 Å². The average molecular weight is 264 g/mol. The van der Waals surface area contributed by atoms with Crippen LogP contribution in [0.2, 0.25) is 0 Å². The molecule has 0 bridgehead atoms.